The smallest absolute Gasteiger partial charge is 0.318 e. The van der Waals surface area contributed by atoms with Crippen LogP contribution < -0.4 is 20.9 Å². The van der Waals surface area contributed by atoms with Crippen LogP contribution >= 0.6 is 0 Å². The monoisotopic (exact) mass is 551 g/mol. The van der Waals surface area contributed by atoms with Gasteiger partial charge in [0.1, 0.15) is 6.04 Å². The maximum atomic E-state index is 13.6. The number of aliphatic hydroxyl groups excluding tert-OH is 1. The zero-order valence-electron chi connectivity index (χ0n) is 22.6. The summed E-state index contributed by atoms with van der Waals surface area (Å²) >= 11 is 0. The van der Waals surface area contributed by atoms with Crippen molar-refractivity contribution < 1.29 is 23.5 Å². The highest BCUT2D eigenvalue weighted by atomic mass is 19.2. The van der Waals surface area contributed by atoms with E-state index in [0.717, 1.165) is 28.9 Å². The number of carbonyl (C=O) groups excluding carboxylic acids is 2. The molecule has 4 rings (SSSR count). The Morgan fingerprint density at radius 1 is 1.02 bits per heavy atom. The summed E-state index contributed by atoms with van der Waals surface area (Å²) in [5.74, 6) is -2.39. The first-order chi connectivity index (χ1) is 19.2. The number of hydrogen-bond acceptors (Lipinski definition) is 5. The molecule has 0 radical (unpaired) electrons. The summed E-state index contributed by atoms with van der Waals surface area (Å²) in [6, 6.07) is 19.1. The van der Waals surface area contributed by atoms with Crippen molar-refractivity contribution in [1.29, 1.82) is 0 Å². The highest BCUT2D eigenvalue weighted by Gasteiger charge is 2.35. The second-order valence-corrected chi connectivity index (χ2v) is 10.2. The standard InChI is InChI=1S/C30H35F2N5O3/c1-36(2)23-10-6-9-21(13-23)16-33-17-28(38)26(15-20-7-4-3-5-8-20)34-29(39)27-19-37(30(40)35-27)18-22-11-12-24(31)25(32)14-22/h3-14,26-28,33,38H,15-19H2,1-2H3,(H,34,39)(H,35,40)/t26-,27?,28+/m0/s1. The molecule has 1 aliphatic rings. The van der Waals surface area contributed by atoms with Crippen molar-refractivity contribution in [1.82, 2.24) is 20.9 Å². The van der Waals surface area contributed by atoms with Gasteiger partial charge >= 0.3 is 6.03 Å². The van der Waals surface area contributed by atoms with Crippen molar-refractivity contribution in [3.63, 3.8) is 0 Å². The lowest BCUT2D eigenvalue weighted by molar-refractivity contribution is -0.124. The maximum Gasteiger partial charge on any atom is 0.318 e. The minimum Gasteiger partial charge on any atom is -0.390 e. The second kappa shape index (κ2) is 13.4. The third-order valence-electron chi connectivity index (χ3n) is 6.86. The van der Waals surface area contributed by atoms with Crippen molar-refractivity contribution >= 4 is 17.6 Å². The summed E-state index contributed by atoms with van der Waals surface area (Å²) in [6.45, 7) is 0.867. The Bertz CT molecular complexity index is 1310. The van der Waals surface area contributed by atoms with Gasteiger partial charge < -0.3 is 30.9 Å². The number of nitrogens with zero attached hydrogens (tertiary/aromatic N) is 2. The van der Waals surface area contributed by atoms with Gasteiger partial charge in [-0.3, -0.25) is 4.79 Å². The minimum atomic E-state index is -0.997. The number of hydrogen-bond donors (Lipinski definition) is 4. The van der Waals surface area contributed by atoms with E-state index < -0.39 is 41.8 Å². The number of carbonyl (C=O) groups is 2. The van der Waals surface area contributed by atoms with E-state index in [1.54, 1.807) is 0 Å². The molecule has 3 atom stereocenters. The molecule has 0 aromatic heterocycles. The molecule has 1 aliphatic heterocycles. The van der Waals surface area contributed by atoms with Crippen LogP contribution in [0.15, 0.2) is 72.8 Å². The van der Waals surface area contributed by atoms with E-state index in [1.165, 1.54) is 11.0 Å². The van der Waals surface area contributed by atoms with Crippen molar-refractivity contribution in [2.24, 2.45) is 0 Å². The van der Waals surface area contributed by atoms with Crippen LogP contribution in [0.5, 0.6) is 0 Å². The fourth-order valence-electron chi connectivity index (χ4n) is 4.62. The molecule has 1 saturated heterocycles. The molecule has 8 nitrogen and oxygen atoms in total. The SMILES string of the molecule is CN(C)c1cccc(CNC[C@@H](O)[C@H](Cc2ccccc2)NC(=O)C2CN(Cc3ccc(F)c(F)c3)C(=O)N2)c1. The Balaban J connectivity index is 1.37. The predicted octanol–water partition coefficient (Wildman–Crippen LogP) is 2.80. The summed E-state index contributed by atoms with van der Waals surface area (Å²) in [4.78, 5) is 29.1. The topological polar surface area (TPSA) is 96.9 Å². The van der Waals surface area contributed by atoms with E-state index in [4.69, 9.17) is 0 Å². The van der Waals surface area contributed by atoms with Crippen LogP contribution in [0.2, 0.25) is 0 Å². The third kappa shape index (κ3) is 7.77. The number of aliphatic hydroxyl groups is 1. The normalized spacial score (nSPS) is 16.4. The molecule has 0 saturated carbocycles. The molecule has 0 spiro atoms. The van der Waals surface area contributed by atoms with E-state index in [0.29, 0.717) is 18.5 Å². The molecule has 10 heteroatoms. The van der Waals surface area contributed by atoms with Crippen LogP contribution in [0.25, 0.3) is 0 Å². The van der Waals surface area contributed by atoms with Crippen LogP contribution in [0.3, 0.4) is 0 Å². The van der Waals surface area contributed by atoms with E-state index in [-0.39, 0.29) is 19.6 Å². The van der Waals surface area contributed by atoms with Crippen molar-refractivity contribution in [3.05, 3.63) is 101 Å². The van der Waals surface area contributed by atoms with Crippen LogP contribution in [0.4, 0.5) is 19.3 Å². The lowest BCUT2D eigenvalue weighted by atomic mass is 10.0. The number of urea groups is 1. The maximum absolute atomic E-state index is 13.6. The number of nitrogens with one attached hydrogen (secondary N) is 3. The lowest BCUT2D eigenvalue weighted by Crippen LogP contribution is -2.53. The molecule has 0 bridgehead atoms. The fraction of sp³-hybridized carbons (Fsp3) is 0.333. The van der Waals surface area contributed by atoms with Gasteiger partial charge in [0.15, 0.2) is 11.6 Å². The molecule has 40 heavy (non-hydrogen) atoms. The molecule has 4 N–H and O–H groups in total. The van der Waals surface area contributed by atoms with Crippen LogP contribution in [0, 0.1) is 11.6 Å². The average molecular weight is 552 g/mol. The molecule has 3 aromatic rings. The Hall–Kier alpha value is -4.02. The number of amides is 3. The number of halogens is 2. The quantitative estimate of drug-likeness (QED) is 0.278. The van der Waals surface area contributed by atoms with E-state index in [1.807, 2.05) is 67.5 Å². The van der Waals surface area contributed by atoms with Crippen LogP contribution in [0.1, 0.15) is 16.7 Å². The third-order valence-corrected chi connectivity index (χ3v) is 6.86. The largest absolute Gasteiger partial charge is 0.390 e. The van der Waals surface area contributed by atoms with Gasteiger partial charge in [0.25, 0.3) is 0 Å². The highest BCUT2D eigenvalue weighted by Crippen LogP contribution is 2.16. The van der Waals surface area contributed by atoms with Gasteiger partial charge in [-0.15, -0.1) is 0 Å². The van der Waals surface area contributed by atoms with Gasteiger partial charge in [-0.1, -0.05) is 48.5 Å². The molecule has 3 amide bonds. The van der Waals surface area contributed by atoms with E-state index >= 15 is 0 Å². The number of rotatable bonds is 12. The summed E-state index contributed by atoms with van der Waals surface area (Å²) in [5, 5.41) is 19.9. The molecule has 1 unspecified atom stereocenters. The molecule has 3 aromatic carbocycles. The summed E-state index contributed by atoms with van der Waals surface area (Å²) in [6.07, 6.45) is -0.512. The molecular weight excluding hydrogens is 516 g/mol. The Labute approximate surface area is 233 Å². The molecule has 0 aliphatic carbocycles. The number of benzene rings is 3. The van der Waals surface area contributed by atoms with Gasteiger partial charge in [-0.2, -0.15) is 0 Å². The summed E-state index contributed by atoms with van der Waals surface area (Å²) < 4.78 is 26.9. The highest BCUT2D eigenvalue weighted by molar-refractivity contribution is 5.90. The Kier molecular flexibility index (Phi) is 9.68. The predicted molar refractivity (Wildman–Crippen MR) is 150 cm³/mol. The fourth-order valence-corrected chi connectivity index (χ4v) is 4.62. The first kappa shape index (κ1) is 29.0. The summed E-state index contributed by atoms with van der Waals surface area (Å²) in [5.41, 5.74) is 3.50. The van der Waals surface area contributed by atoms with Gasteiger partial charge in [0.05, 0.1) is 18.7 Å². The van der Waals surface area contributed by atoms with Gasteiger partial charge in [-0.05, 0) is 47.4 Å². The van der Waals surface area contributed by atoms with Gasteiger partial charge in [0, 0.05) is 39.4 Å². The molecule has 212 valence electrons. The van der Waals surface area contributed by atoms with E-state index in [9.17, 15) is 23.5 Å². The Morgan fingerprint density at radius 2 is 1.77 bits per heavy atom. The van der Waals surface area contributed by atoms with Crippen molar-refractivity contribution in [2.45, 2.75) is 37.7 Å². The zero-order valence-corrected chi connectivity index (χ0v) is 22.6. The second-order valence-electron chi connectivity index (χ2n) is 10.2. The molecule has 1 heterocycles. The van der Waals surface area contributed by atoms with Crippen molar-refractivity contribution in [2.75, 3.05) is 32.1 Å². The average Bonchev–Trinajstić information content (AvgIpc) is 3.31. The van der Waals surface area contributed by atoms with Crippen LogP contribution in [-0.2, 0) is 24.3 Å². The van der Waals surface area contributed by atoms with E-state index in [2.05, 4.69) is 22.0 Å². The van der Waals surface area contributed by atoms with Crippen molar-refractivity contribution in [3.8, 4) is 0 Å². The van der Waals surface area contributed by atoms with Gasteiger partial charge in [-0.25, -0.2) is 13.6 Å². The first-order valence-electron chi connectivity index (χ1n) is 13.2. The Morgan fingerprint density at radius 3 is 2.50 bits per heavy atom. The van der Waals surface area contributed by atoms with Crippen LogP contribution in [-0.4, -0.2) is 67.3 Å². The number of anilines is 1. The van der Waals surface area contributed by atoms with Gasteiger partial charge in [0.2, 0.25) is 5.91 Å². The first-order valence-corrected chi connectivity index (χ1v) is 13.2. The molecule has 1 fully saturated rings. The lowest BCUT2D eigenvalue weighted by Gasteiger charge is -2.26. The molecular formula is C30H35F2N5O3. The summed E-state index contributed by atoms with van der Waals surface area (Å²) in [7, 11) is 3.95. The minimum absolute atomic E-state index is 0.0296. The zero-order chi connectivity index (χ0) is 28.6.